The fraction of sp³-hybridized carbons (Fsp3) is 0.211. The number of carbonyl (C=O) groups excluding carboxylic acids is 1. The van der Waals surface area contributed by atoms with E-state index in [-0.39, 0.29) is 5.78 Å². The number of ether oxygens (including phenoxy) is 1. The lowest BCUT2D eigenvalue weighted by molar-refractivity contribution is 0.104. The second-order valence-corrected chi connectivity index (χ2v) is 5.96. The molecule has 0 radical (unpaired) electrons. The van der Waals surface area contributed by atoms with Crippen LogP contribution in [0.5, 0.6) is 5.75 Å². The van der Waals surface area contributed by atoms with E-state index < -0.39 is 0 Å². The molecule has 2 aromatic carbocycles. The lowest BCUT2D eigenvalue weighted by Gasteiger charge is -2.06. The maximum Gasteiger partial charge on any atom is 0.185 e. The Kier molecular flexibility index (Phi) is 5.45. The van der Waals surface area contributed by atoms with Crippen molar-refractivity contribution in [2.75, 3.05) is 13.4 Å². The number of benzene rings is 2. The van der Waals surface area contributed by atoms with Crippen LogP contribution in [0.2, 0.25) is 0 Å². The molecule has 0 fully saturated rings. The zero-order valence-corrected chi connectivity index (χ0v) is 14.2. The maximum absolute atomic E-state index is 12.2. The van der Waals surface area contributed by atoms with Gasteiger partial charge in [0, 0.05) is 10.5 Å². The molecule has 0 aliphatic heterocycles. The number of hydrogen-bond acceptors (Lipinski definition) is 3. The summed E-state index contributed by atoms with van der Waals surface area (Å²) in [6, 6.07) is 11.7. The Morgan fingerprint density at radius 1 is 1.09 bits per heavy atom. The van der Waals surface area contributed by atoms with Crippen LogP contribution in [0.1, 0.15) is 27.0 Å². The van der Waals surface area contributed by atoms with Gasteiger partial charge in [-0.3, -0.25) is 4.79 Å². The van der Waals surface area contributed by atoms with E-state index in [9.17, 15) is 4.79 Å². The van der Waals surface area contributed by atoms with Gasteiger partial charge in [0.05, 0.1) is 7.11 Å². The van der Waals surface area contributed by atoms with Gasteiger partial charge >= 0.3 is 0 Å². The van der Waals surface area contributed by atoms with E-state index in [4.69, 9.17) is 4.74 Å². The Labute approximate surface area is 136 Å². The highest BCUT2D eigenvalue weighted by Crippen LogP contribution is 2.28. The molecule has 2 aromatic rings. The number of ketones is 1. The van der Waals surface area contributed by atoms with Crippen molar-refractivity contribution in [3.05, 3.63) is 64.7 Å². The van der Waals surface area contributed by atoms with Crippen LogP contribution in [-0.4, -0.2) is 19.1 Å². The molecule has 0 spiro atoms. The molecule has 0 saturated carbocycles. The molecule has 0 atom stereocenters. The molecule has 0 aliphatic rings. The minimum absolute atomic E-state index is 0.0102. The fourth-order valence-corrected chi connectivity index (χ4v) is 2.67. The van der Waals surface area contributed by atoms with Crippen molar-refractivity contribution in [2.24, 2.45) is 0 Å². The Morgan fingerprint density at radius 2 is 1.86 bits per heavy atom. The molecular weight excluding hydrogens is 292 g/mol. The van der Waals surface area contributed by atoms with Crippen molar-refractivity contribution < 1.29 is 9.53 Å². The number of allylic oxidation sites excluding steroid dienone is 1. The number of carbonyl (C=O) groups is 1. The van der Waals surface area contributed by atoms with Crippen molar-refractivity contribution in [1.82, 2.24) is 0 Å². The molecule has 0 unspecified atom stereocenters. The lowest BCUT2D eigenvalue weighted by atomic mass is 10.0. The SMILES string of the molecule is COc1cc(/C=C/C(=O)c2ccc(C)c(C)c2)ccc1SC. The van der Waals surface area contributed by atoms with Gasteiger partial charge in [-0.15, -0.1) is 11.8 Å². The first-order valence-corrected chi connectivity index (χ1v) is 8.29. The van der Waals surface area contributed by atoms with E-state index in [0.29, 0.717) is 5.56 Å². The molecule has 0 amide bonds. The third kappa shape index (κ3) is 3.80. The van der Waals surface area contributed by atoms with E-state index in [2.05, 4.69) is 0 Å². The summed E-state index contributed by atoms with van der Waals surface area (Å²) in [5.41, 5.74) is 3.99. The van der Waals surface area contributed by atoms with Crippen molar-refractivity contribution >= 4 is 23.6 Å². The van der Waals surface area contributed by atoms with E-state index in [0.717, 1.165) is 21.8 Å². The Hall–Kier alpha value is -2.00. The average molecular weight is 312 g/mol. The summed E-state index contributed by atoms with van der Waals surface area (Å²) < 4.78 is 5.36. The average Bonchev–Trinajstić information content (AvgIpc) is 2.54. The molecular formula is C19H20O2S. The molecule has 0 saturated heterocycles. The Balaban J connectivity index is 2.20. The van der Waals surface area contributed by atoms with Crippen LogP contribution in [0, 0.1) is 13.8 Å². The van der Waals surface area contributed by atoms with Crippen LogP contribution in [-0.2, 0) is 0 Å². The third-order valence-corrected chi connectivity index (χ3v) is 4.40. The minimum Gasteiger partial charge on any atom is -0.496 e. The van der Waals surface area contributed by atoms with E-state index >= 15 is 0 Å². The van der Waals surface area contributed by atoms with E-state index in [1.54, 1.807) is 24.9 Å². The number of hydrogen-bond donors (Lipinski definition) is 0. The second-order valence-electron chi connectivity index (χ2n) is 5.11. The summed E-state index contributed by atoms with van der Waals surface area (Å²) in [7, 11) is 1.66. The number of aryl methyl sites for hydroxylation is 2. The standard InChI is InChI=1S/C19H20O2S/c1-13-5-8-16(11-14(13)2)17(20)9-6-15-7-10-19(22-4)18(12-15)21-3/h5-12H,1-4H3/b9-6+. The predicted octanol–water partition coefficient (Wildman–Crippen LogP) is 4.93. The maximum atomic E-state index is 12.2. The highest BCUT2D eigenvalue weighted by atomic mass is 32.2. The van der Waals surface area contributed by atoms with Crippen molar-refractivity contribution in [2.45, 2.75) is 18.7 Å². The van der Waals surface area contributed by atoms with Crippen molar-refractivity contribution in [3.8, 4) is 5.75 Å². The molecule has 0 aromatic heterocycles. The van der Waals surface area contributed by atoms with Gasteiger partial charge in [0.15, 0.2) is 5.78 Å². The predicted molar refractivity (Wildman–Crippen MR) is 94.1 cm³/mol. The zero-order chi connectivity index (χ0) is 16.1. The van der Waals surface area contributed by atoms with Gasteiger partial charge in [-0.2, -0.15) is 0 Å². The Morgan fingerprint density at radius 3 is 2.50 bits per heavy atom. The van der Waals surface area contributed by atoms with Crippen molar-refractivity contribution in [1.29, 1.82) is 0 Å². The second kappa shape index (κ2) is 7.32. The summed E-state index contributed by atoms with van der Waals surface area (Å²) in [6.45, 7) is 4.06. The largest absolute Gasteiger partial charge is 0.496 e. The van der Waals surface area contributed by atoms with Gasteiger partial charge in [-0.25, -0.2) is 0 Å². The number of rotatable bonds is 5. The van der Waals surface area contributed by atoms with Crippen molar-refractivity contribution in [3.63, 3.8) is 0 Å². The van der Waals surface area contributed by atoms with Gasteiger partial charge in [0.1, 0.15) is 5.75 Å². The van der Waals surface area contributed by atoms with Crippen LogP contribution < -0.4 is 4.74 Å². The molecule has 0 bridgehead atoms. The first-order valence-electron chi connectivity index (χ1n) is 7.07. The molecule has 0 heterocycles. The Bertz CT molecular complexity index is 717. The number of thioether (sulfide) groups is 1. The first kappa shape index (κ1) is 16.4. The van der Waals surface area contributed by atoms with Gasteiger partial charge in [-0.1, -0.05) is 24.3 Å². The van der Waals surface area contributed by atoms with Gasteiger partial charge < -0.3 is 4.74 Å². The quantitative estimate of drug-likeness (QED) is 0.445. The smallest absolute Gasteiger partial charge is 0.185 e. The summed E-state index contributed by atoms with van der Waals surface area (Å²) in [5, 5.41) is 0. The molecule has 0 N–H and O–H groups in total. The topological polar surface area (TPSA) is 26.3 Å². The van der Waals surface area contributed by atoms with Gasteiger partial charge in [-0.05, 0) is 61.1 Å². The van der Waals surface area contributed by atoms with Crippen LogP contribution in [0.25, 0.3) is 6.08 Å². The monoisotopic (exact) mass is 312 g/mol. The highest BCUT2D eigenvalue weighted by Gasteiger charge is 2.05. The number of methoxy groups -OCH3 is 1. The molecule has 2 nitrogen and oxygen atoms in total. The molecule has 114 valence electrons. The zero-order valence-electron chi connectivity index (χ0n) is 13.3. The van der Waals surface area contributed by atoms with Crippen LogP contribution >= 0.6 is 11.8 Å². The summed E-state index contributed by atoms with van der Waals surface area (Å²) in [6.07, 6.45) is 5.44. The first-order chi connectivity index (χ1) is 10.5. The van der Waals surface area contributed by atoms with Crippen LogP contribution in [0.4, 0.5) is 0 Å². The van der Waals surface area contributed by atoms with E-state index in [1.165, 1.54) is 5.56 Å². The van der Waals surface area contributed by atoms with E-state index in [1.807, 2.05) is 62.6 Å². The normalized spacial score (nSPS) is 10.9. The fourth-order valence-electron chi connectivity index (χ4n) is 2.12. The van der Waals surface area contributed by atoms with Crippen LogP contribution in [0.15, 0.2) is 47.4 Å². The molecule has 3 heteroatoms. The molecule has 22 heavy (non-hydrogen) atoms. The van der Waals surface area contributed by atoms with Crippen LogP contribution in [0.3, 0.4) is 0 Å². The summed E-state index contributed by atoms with van der Waals surface area (Å²) in [4.78, 5) is 13.3. The third-order valence-electron chi connectivity index (χ3n) is 3.63. The summed E-state index contributed by atoms with van der Waals surface area (Å²) in [5.74, 6) is 0.837. The molecule has 2 rings (SSSR count). The van der Waals surface area contributed by atoms with Gasteiger partial charge in [0.25, 0.3) is 0 Å². The summed E-state index contributed by atoms with van der Waals surface area (Å²) >= 11 is 1.64. The highest BCUT2D eigenvalue weighted by molar-refractivity contribution is 7.98. The van der Waals surface area contributed by atoms with Gasteiger partial charge in [0.2, 0.25) is 0 Å². The molecule has 0 aliphatic carbocycles. The lowest BCUT2D eigenvalue weighted by Crippen LogP contribution is -1.95. The minimum atomic E-state index is 0.0102.